The second kappa shape index (κ2) is 7.82. The number of sulfone groups is 1. The summed E-state index contributed by atoms with van der Waals surface area (Å²) in [4.78, 5) is 26.1. The molecule has 0 unspecified atom stereocenters. The Balaban J connectivity index is 1.61. The van der Waals surface area contributed by atoms with Crippen LogP contribution in [0.5, 0.6) is 0 Å². The van der Waals surface area contributed by atoms with Crippen LogP contribution in [0.25, 0.3) is 0 Å². The first-order chi connectivity index (χ1) is 12.7. The van der Waals surface area contributed by atoms with E-state index in [2.05, 4.69) is 12.2 Å². The number of hydrogen-bond donors (Lipinski definition) is 1. The van der Waals surface area contributed by atoms with Gasteiger partial charge >= 0.3 is 5.97 Å². The van der Waals surface area contributed by atoms with E-state index in [1.165, 1.54) is 33.9 Å². The van der Waals surface area contributed by atoms with Gasteiger partial charge < -0.3 is 10.1 Å². The SMILES string of the molecule is C[C@H]1CCc2sc(C(=O)OCC(=O)Nc3ccccc3S(C)(=O)=O)cc2C1. The minimum absolute atomic E-state index is 0.0183. The molecule has 1 amide bonds. The highest BCUT2D eigenvalue weighted by molar-refractivity contribution is 7.90. The predicted octanol–water partition coefficient (Wildman–Crippen LogP) is 3.07. The third kappa shape index (κ3) is 4.75. The highest BCUT2D eigenvalue weighted by atomic mass is 32.2. The van der Waals surface area contributed by atoms with Gasteiger partial charge in [-0.15, -0.1) is 11.3 Å². The zero-order chi connectivity index (χ0) is 19.6. The van der Waals surface area contributed by atoms with E-state index in [4.69, 9.17) is 4.74 Å². The molecule has 0 saturated carbocycles. The van der Waals surface area contributed by atoms with E-state index in [0.29, 0.717) is 10.8 Å². The van der Waals surface area contributed by atoms with Crippen molar-refractivity contribution >= 4 is 38.7 Å². The first-order valence-electron chi connectivity index (χ1n) is 8.61. The van der Waals surface area contributed by atoms with Crippen molar-refractivity contribution in [2.45, 2.75) is 31.1 Å². The fraction of sp³-hybridized carbons (Fsp3) is 0.368. The van der Waals surface area contributed by atoms with Gasteiger partial charge in [0.05, 0.1) is 10.6 Å². The van der Waals surface area contributed by atoms with Crippen molar-refractivity contribution < 1.29 is 22.7 Å². The largest absolute Gasteiger partial charge is 0.451 e. The molecule has 0 aliphatic heterocycles. The van der Waals surface area contributed by atoms with Gasteiger partial charge in [-0.3, -0.25) is 4.79 Å². The zero-order valence-corrected chi connectivity index (χ0v) is 16.8. The second-order valence-corrected chi connectivity index (χ2v) is 9.92. The molecule has 1 aliphatic rings. The molecule has 2 aromatic rings. The molecular weight excluding hydrogens is 386 g/mol. The average Bonchev–Trinajstić information content (AvgIpc) is 3.02. The topological polar surface area (TPSA) is 89.5 Å². The van der Waals surface area contributed by atoms with Gasteiger partial charge in [-0.05, 0) is 48.9 Å². The lowest BCUT2D eigenvalue weighted by molar-refractivity contribution is -0.119. The van der Waals surface area contributed by atoms with Gasteiger partial charge in [0.2, 0.25) is 0 Å². The fourth-order valence-electron chi connectivity index (χ4n) is 3.09. The van der Waals surface area contributed by atoms with Crippen LogP contribution in [0.3, 0.4) is 0 Å². The van der Waals surface area contributed by atoms with Crippen LogP contribution in [0.4, 0.5) is 5.69 Å². The Morgan fingerprint density at radius 2 is 2.04 bits per heavy atom. The molecule has 1 aromatic carbocycles. The average molecular weight is 408 g/mol. The highest BCUT2D eigenvalue weighted by Crippen LogP contribution is 2.32. The minimum atomic E-state index is -3.48. The Hall–Kier alpha value is -2.19. The summed E-state index contributed by atoms with van der Waals surface area (Å²) in [5, 5.41) is 2.49. The van der Waals surface area contributed by atoms with Crippen molar-refractivity contribution in [2.75, 3.05) is 18.2 Å². The van der Waals surface area contributed by atoms with Crippen LogP contribution in [0.1, 0.15) is 33.5 Å². The van der Waals surface area contributed by atoms with Gasteiger partial charge in [0.1, 0.15) is 4.88 Å². The van der Waals surface area contributed by atoms with Crippen LogP contribution in [-0.4, -0.2) is 33.2 Å². The first-order valence-corrected chi connectivity index (χ1v) is 11.3. The Bertz CT molecular complexity index is 978. The quantitative estimate of drug-likeness (QED) is 0.770. The molecule has 0 saturated heterocycles. The van der Waals surface area contributed by atoms with Crippen molar-refractivity contribution in [2.24, 2.45) is 5.92 Å². The summed E-state index contributed by atoms with van der Waals surface area (Å²) in [6.45, 7) is 1.72. The number of nitrogens with one attached hydrogen (secondary N) is 1. The number of esters is 1. The molecule has 0 radical (unpaired) electrons. The molecule has 1 heterocycles. The number of para-hydroxylation sites is 1. The summed E-state index contributed by atoms with van der Waals surface area (Å²) in [5.41, 5.74) is 1.36. The molecule has 0 spiro atoms. The number of thiophene rings is 1. The summed E-state index contributed by atoms with van der Waals surface area (Å²) >= 11 is 1.42. The number of aryl methyl sites for hydroxylation is 1. The number of carbonyl (C=O) groups is 2. The standard InChI is InChI=1S/C19H21NO5S2/c1-12-7-8-15-13(9-12)10-16(26-15)19(22)25-11-18(21)20-14-5-3-4-6-17(14)27(2,23)24/h3-6,10,12H,7-9,11H2,1-2H3,(H,20,21)/t12-/m0/s1. The number of carbonyl (C=O) groups excluding carboxylic acids is 2. The third-order valence-electron chi connectivity index (χ3n) is 4.43. The molecule has 1 aliphatic carbocycles. The Morgan fingerprint density at radius 1 is 1.30 bits per heavy atom. The first kappa shape index (κ1) is 19.6. The molecule has 0 bridgehead atoms. The van der Waals surface area contributed by atoms with Gasteiger partial charge in [-0.2, -0.15) is 0 Å². The maximum atomic E-state index is 12.2. The third-order valence-corrected chi connectivity index (χ3v) is 6.80. The number of hydrogen-bond acceptors (Lipinski definition) is 6. The van der Waals surface area contributed by atoms with Crippen LogP contribution in [0.15, 0.2) is 35.2 Å². The number of benzene rings is 1. The van der Waals surface area contributed by atoms with Crippen LogP contribution in [0, 0.1) is 5.92 Å². The predicted molar refractivity (Wildman–Crippen MR) is 104 cm³/mol. The molecule has 0 fully saturated rings. The van der Waals surface area contributed by atoms with Crippen molar-refractivity contribution in [3.63, 3.8) is 0 Å². The monoisotopic (exact) mass is 407 g/mol. The lowest BCUT2D eigenvalue weighted by Crippen LogP contribution is -2.21. The molecule has 144 valence electrons. The summed E-state index contributed by atoms with van der Waals surface area (Å²) < 4.78 is 28.6. The van der Waals surface area contributed by atoms with Gasteiger partial charge in [0.25, 0.3) is 5.91 Å². The van der Waals surface area contributed by atoms with Gasteiger partial charge in [0.15, 0.2) is 16.4 Å². The number of rotatable bonds is 5. The number of fused-ring (bicyclic) bond motifs is 1. The van der Waals surface area contributed by atoms with Crippen molar-refractivity contribution in [1.29, 1.82) is 0 Å². The summed E-state index contributed by atoms with van der Waals surface area (Å²) in [5.74, 6) is -0.514. The summed E-state index contributed by atoms with van der Waals surface area (Å²) in [7, 11) is -3.48. The van der Waals surface area contributed by atoms with Gasteiger partial charge in [0, 0.05) is 11.1 Å². The van der Waals surface area contributed by atoms with E-state index >= 15 is 0 Å². The van der Waals surface area contributed by atoms with E-state index in [9.17, 15) is 18.0 Å². The van der Waals surface area contributed by atoms with E-state index in [-0.39, 0.29) is 10.6 Å². The number of ether oxygens (including phenoxy) is 1. The maximum absolute atomic E-state index is 12.2. The fourth-order valence-corrected chi connectivity index (χ4v) is 5.03. The van der Waals surface area contributed by atoms with E-state index in [1.54, 1.807) is 12.1 Å². The van der Waals surface area contributed by atoms with E-state index in [1.807, 2.05) is 6.07 Å². The lowest BCUT2D eigenvalue weighted by Gasteiger charge is -2.16. The van der Waals surface area contributed by atoms with Crippen LogP contribution < -0.4 is 5.32 Å². The zero-order valence-electron chi connectivity index (χ0n) is 15.2. The molecule has 27 heavy (non-hydrogen) atoms. The van der Waals surface area contributed by atoms with Crippen molar-refractivity contribution in [1.82, 2.24) is 0 Å². The summed E-state index contributed by atoms with van der Waals surface area (Å²) in [6.07, 6.45) is 4.11. The highest BCUT2D eigenvalue weighted by Gasteiger charge is 2.22. The van der Waals surface area contributed by atoms with Gasteiger partial charge in [-0.1, -0.05) is 19.1 Å². The summed E-state index contributed by atoms with van der Waals surface area (Å²) in [6, 6.07) is 7.95. The minimum Gasteiger partial charge on any atom is -0.451 e. The molecule has 8 heteroatoms. The molecule has 6 nitrogen and oxygen atoms in total. The molecule has 1 aromatic heterocycles. The molecule has 1 N–H and O–H groups in total. The molecule has 1 atom stereocenters. The lowest BCUT2D eigenvalue weighted by atomic mass is 9.90. The van der Waals surface area contributed by atoms with Gasteiger partial charge in [-0.25, -0.2) is 13.2 Å². The van der Waals surface area contributed by atoms with Crippen molar-refractivity contribution in [3.8, 4) is 0 Å². The van der Waals surface area contributed by atoms with Crippen LogP contribution in [-0.2, 0) is 32.2 Å². The number of amides is 1. The van der Waals surface area contributed by atoms with Crippen LogP contribution >= 0.6 is 11.3 Å². The second-order valence-electron chi connectivity index (χ2n) is 6.80. The molecule has 3 rings (SSSR count). The maximum Gasteiger partial charge on any atom is 0.348 e. The van der Waals surface area contributed by atoms with Crippen molar-refractivity contribution in [3.05, 3.63) is 45.6 Å². The molecular formula is C19H21NO5S2. The number of anilines is 1. The normalized spacial score (nSPS) is 16.4. The van der Waals surface area contributed by atoms with Crippen LogP contribution in [0.2, 0.25) is 0 Å². The Labute approximate surface area is 162 Å². The smallest absolute Gasteiger partial charge is 0.348 e. The van der Waals surface area contributed by atoms with E-state index in [0.717, 1.165) is 25.5 Å². The Kier molecular flexibility index (Phi) is 5.67. The van der Waals surface area contributed by atoms with E-state index < -0.39 is 28.3 Å². The Morgan fingerprint density at radius 3 is 2.78 bits per heavy atom.